The van der Waals surface area contributed by atoms with Gasteiger partial charge in [-0.1, -0.05) is 0 Å². The lowest BCUT2D eigenvalue weighted by atomic mass is 9.98. The summed E-state index contributed by atoms with van der Waals surface area (Å²) in [5.74, 6) is -1.27. The minimum Gasteiger partial charge on any atom is -0.465 e. The van der Waals surface area contributed by atoms with Gasteiger partial charge in [0, 0.05) is 37.2 Å². The normalized spacial score (nSPS) is 14.6. The van der Waals surface area contributed by atoms with E-state index in [2.05, 4.69) is 9.88 Å². The molecule has 0 spiro atoms. The van der Waals surface area contributed by atoms with Crippen LogP contribution in [-0.2, 0) is 9.47 Å². The summed E-state index contributed by atoms with van der Waals surface area (Å²) in [6, 6.07) is 4.96. The second kappa shape index (κ2) is 7.00. The Hall–Kier alpha value is -2.93. The molecule has 1 aliphatic heterocycles. The number of benzene rings is 1. The van der Waals surface area contributed by atoms with E-state index in [9.17, 15) is 9.18 Å². The van der Waals surface area contributed by atoms with Gasteiger partial charge in [-0.2, -0.15) is 0 Å². The molecule has 0 bridgehead atoms. The number of hydrogen-bond donors (Lipinski definition) is 0. The number of aryl methyl sites for hydroxylation is 1. The van der Waals surface area contributed by atoms with Crippen molar-refractivity contribution in [1.82, 2.24) is 9.38 Å². The summed E-state index contributed by atoms with van der Waals surface area (Å²) in [4.78, 5) is 18.6. The van der Waals surface area contributed by atoms with Gasteiger partial charge in [-0.15, -0.1) is 0 Å². The van der Waals surface area contributed by atoms with Crippen LogP contribution in [0.2, 0.25) is 0 Å². The largest absolute Gasteiger partial charge is 0.465 e. The number of pyridine rings is 1. The van der Waals surface area contributed by atoms with Crippen molar-refractivity contribution < 1.29 is 18.7 Å². The summed E-state index contributed by atoms with van der Waals surface area (Å²) < 4.78 is 26.3. The fraction of sp³-hybridized carbons (Fsp3) is 0.300. The molecule has 0 unspecified atom stereocenters. The Bertz CT molecular complexity index is 1010. The van der Waals surface area contributed by atoms with Crippen molar-refractivity contribution in [1.29, 1.82) is 0 Å². The van der Waals surface area contributed by atoms with Gasteiger partial charge in [0.05, 0.1) is 31.6 Å². The topological polar surface area (TPSA) is 56.1 Å². The molecule has 4 rings (SSSR count). The van der Waals surface area contributed by atoms with Crippen LogP contribution in [0, 0.1) is 12.7 Å². The van der Waals surface area contributed by atoms with E-state index < -0.39 is 11.8 Å². The summed E-state index contributed by atoms with van der Waals surface area (Å²) in [7, 11) is 1.25. The summed E-state index contributed by atoms with van der Waals surface area (Å²) in [6.07, 6.45) is 5.57. The zero-order chi connectivity index (χ0) is 19.0. The highest BCUT2D eigenvalue weighted by Gasteiger charge is 2.19. The fourth-order valence-corrected chi connectivity index (χ4v) is 3.45. The monoisotopic (exact) mass is 369 g/mol. The van der Waals surface area contributed by atoms with Crippen LogP contribution in [0.5, 0.6) is 0 Å². The van der Waals surface area contributed by atoms with E-state index in [-0.39, 0.29) is 5.56 Å². The third kappa shape index (κ3) is 3.14. The number of imidazole rings is 1. The van der Waals surface area contributed by atoms with E-state index in [1.54, 1.807) is 12.3 Å². The number of aromatic nitrogens is 2. The number of carbonyl (C=O) groups is 1. The smallest absolute Gasteiger partial charge is 0.340 e. The van der Waals surface area contributed by atoms with Gasteiger partial charge in [-0.05, 0) is 36.2 Å². The summed E-state index contributed by atoms with van der Waals surface area (Å²) in [5, 5.41) is 0. The van der Waals surface area contributed by atoms with Gasteiger partial charge >= 0.3 is 5.97 Å². The van der Waals surface area contributed by atoms with E-state index >= 15 is 0 Å². The maximum atomic E-state index is 14.2. The van der Waals surface area contributed by atoms with Gasteiger partial charge in [-0.3, -0.25) is 0 Å². The molecule has 7 heteroatoms. The number of morpholine rings is 1. The van der Waals surface area contributed by atoms with Crippen LogP contribution in [0.1, 0.15) is 15.9 Å². The molecular weight excluding hydrogens is 349 g/mol. The molecule has 2 aromatic heterocycles. The third-order valence-corrected chi connectivity index (χ3v) is 4.85. The van der Waals surface area contributed by atoms with Crippen LogP contribution in [0.3, 0.4) is 0 Å². The molecule has 140 valence electrons. The van der Waals surface area contributed by atoms with Gasteiger partial charge < -0.3 is 18.8 Å². The highest BCUT2D eigenvalue weighted by Crippen LogP contribution is 2.32. The Labute approximate surface area is 156 Å². The number of methoxy groups -OCH3 is 1. The minimum atomic E-state index is -0.689. The van der Waals surface area contributed by atoms with Crippen molar-refractivity contribution in [2.75, 3.05) is 38.3 Å². The minimum absolute atomic E-state index is 0.0725. The molecule has 0 amide bonds. The number of halogens is 1. The SMILES string of the molecule is COC(=O)c1cc(-c2cc(N3CCOCC3)c3nccn3c2)c(C)cc1F. The van der Waals surface area contributed by atoms with E-state index in [1.165, 1.54) is 13.2 Å². The van der Waals surface area contributed by atoms with Crippen molar-refractivity contribution in [3.63, 3.8) is 0 Å². The van der Waals surface area contributed by atoms with Crippen molar-refractivity contribution in [3.8, 4) is 11.1 Å². The second-order valence-electron chi connectivity index (χ2n) is 6.51. The maximum Gasteiger partial charge on any atom is 0.340 e. The molecule has 0 aliphatic carbocycles. The molecule has 0 N–H and O–H groups in total. The molecule has 0 saturated carbocycles. The van der Waals surface area contributed by atoms with Gasteiger partial charge in [0.15, 0.2) is 5.65 Å². The lowest BCUT2D eigenvalue weighted by molar-refractivity contribution is 0.0595. The van der Waals surface area contributed by atoms with Crippen LogP contribution in [-0.4, -0.2) is 48.8 Å². The van der Waals surface area contributed by atoms with Crippen molar-refractivity contribution >= 4 is 17.3 Å². The fourth-order valence-electron chi connectivity index (χ4n) is 3.45. The van der Waals surface area contributed by atoms with Crippen LogP contribution in [0.15, 0.2) is 36.8 Å². The molecule has 3 heterocycles. The molecule has 0 atom stereocenters. The molecular formula is C20H20FN3O3. The Morgan fingerprint density at radius 3 is 2.78 bits per heavy atom. The highest BCUT2D eigenvalue weighted by molar-refractivity contribution is 5.92. The first-order valence-electron chi connectivity index (χ1n) is 8.76. The molecule has 1 saturated heterocycles. The zero-order valence-corrected chi connectivity index (χ0v) is 15.2. The van der Waals surface area contributed by atoms with E-state index in [4.69, 9.17) is 9.47 Å². The average Bonchev–Trinajstić information content (AvgIpc) is 3.16. The number of fused-ring (bicyclic) bond motifs is 1. The Morgan fingerprint density at radius 2 is 2.04 bits per heavy atom. The first kappa shape index (κ1) is 17.5. The standard InChI is InChI=1S/C20H20FN3O3/c1-13-9-17(21)16(20(25)26-2)11-15(13)14-10-18(23-5-7-27-8-6-23)19-22-3-4-24(19)12-14/h3-4,9-12H,5-8H2,1-2H3. The zero-order valence-electron chi connectivity index (χ0n) is 15.2. The van der Waals surface area contributed by atoms with Crippen LogP contribution >= 0.6 is 0 Å². The quantitative estimate of drug-likeness (QED) is 0.664. The third-order valence-electron chi connectivity index (χ3n) is 4.85. The van der Waals surface area contributed by atoms with Crippen LogP contribution in [0.4, 0.5) is 10.1 Å². The Balaban J connectivity index is 1.88. The second-order valence-corrected chi connectivity index (χ2v) is 6.51. The summed E-state index contributed by atoms with van der Waals surface area (Å²) >= 11 is 0. The molecule has 1 aromatic carbocycles. The molecule has 3 aromatic rings. The molecule has 1 fully saturated rings. The van der Waals surface area contributed by atoms with Gasteiger partial charge in [0.25, 0.3) is 0 Å². The molecule has 6 nitrogen and oxygen atoms in total. The lowest BCUT2D eigenvalue weighted by Gasteiger charge is -2.29. The van der Waals surface area contributed by atoms with Gasteiger partial charge in [0.2, 0.25) is 0 Å². The van der Waals surface area contributed by atoms with Crippen molar-refractivity contribution in [2.24, 2.45) is 0 Å². The lowest BCUT2D eigenvalue weighted by Crippen LogP contribution is -2.36. The van der Waals surface area contributed by atoms with Crippen LogP contribution in [0.25, 0.3) is 16.8 Å². The maximum absolute atomic E-state index is 14.2. The van der Waals surface area contributed by atoms with E-state index in [1.807, 2.05) is 29.8 Å². The first-order valence-corrected chi connectivity index (χ1v) is 8.76. The number of carbonyl (C=O) groups excluding carboxylic acids is 1. The van der Waals surface area contributed by atoms with Crippen molar-refractivity contribution in [2.45, 2.75) is 6.92 Å². The summed E-state index contributed by atoms with van der Waals surface area (Å²) in [5.41, 5.74) is 4.17. The number of hydrogen-bond acceptors (Lipinski definition) is 5. The molecule has 1 aliphatic rings. The molecule has 27 heavy (non-hydrogen) atoms. The highest BCUT2D eigenvalue weighted by atomic mass is 19.1. The van der Waals surface area contributed by atoms with Gasteiger partial charge in [-0.25, -0.2) is 14.2 Å². The molecule has 0 radical (unpaired) electrons. The number of esters is 1. The average molecular weight is 369 g/mol. The Kier molecular flexibility index (Phi) is 4.53. The number of nitrogens with zero attached hydrogens (tertiary/aromatic N) is 3. The predicted octanol–water partition coefficient (Wildman–Crippen LogP) is 3.07. The van der Waals surface area contributed by atoms with E-state index in [0.717, 1.165) is 41.1 Å². The van der Waals surface area contributed by atoms with E-state index in [0.29, 0.717) is 13.2 Å². The predicted molar refractivity (Wildman–Crippen MR) is 99.7 cm³/mol. The van der Waals surface area contributed by atoms with Crippen molar-refractivity contribution in [3.05, 3.63) is 53.7 Å². The number of ether oxygens (including phenoxy) is 2. The number of anilines is 1. The van der Waals surface area contributed by atoms with Gasteiger partial charge in [0.1, 0.15) is 5.82 Å². The number of rotatable bonds is 3. The summed E-state index contributed by atoms with van der Waals surface area (Å²) in [6.45, 7) is 4.72. The Morgan fingerprint density at radius 1 is 1.26 bits per heavy atom. The van der Waals surface area contributed by atoms with Crippen LogP contribution < -0.4 is 4.90 Å². The first-order chi connectivity index (χ1) is 13.1.